The van der Waals surface area contributed by atoms with Crippen LogP contribution in [0.2, 0.25) is 0 Å². The Morgan fingerprint density at radius 2 is 2.16 bits per heavy atom. The molecule has 0 saturated carbocycles. The minimum Gasteiger partial charge on any atom is -0.493 e. The maximum atomic E-state index is 10.9. The number of carbonyl (C=O) groups is 1. The van der Waals surface area contributed by atoms with Gasteiger partial charge in [-0.05, 0) is 23.8 Å². The van der Waals surface area contributed by atoms with Gasteiger partial charge in [0.25, 0.3) is 5.91 Å². The second-order valence-corrected chi connectivity index (χ2v) is 4.53. The van der Waals surface area contributed by atoms with Crippen molar-refractivity contribution in [3.05, 3.63) is 23.8 Å². The predicted molar refractivity (Wildman–Crippen MR) is 75.2 cm³/mol. The molecule has 1 heterocycles. The van der Waals surface area contributed by atoms with Crippen molar-refractivity contribution < 1.29 is 14.3 Å². The lowest BCUT2D eigenvalue weighted by Gasteiger charge is -2.08. The van der Waals surface area contributed by atoms with Gasteiger partial charge in [0.1, 0.15) is 0 Å². The van der Waals surface area contributed by atoms with Crippen molar-refractivity contribution in [2.24, 2.45) is 10.1 Å². The highest BCUT2D eigenvalue weighted by Crippen LogP contribution is 2.26. The Kier molecular flexibility index (Phi) is 4.40. The van der Waals surface area contributed by atoms with Crippen molar-refractivity contribution in [2.75, 3.05) is 20.0 Å². The fraction of sp³-hybridized carbons (Fsp3) is 0.250. The number of methoxy groups -OCH3 is 2. The van der Waals surface area contributed by atoms with E-state index in [4.69, 9.17) is 9.47 Å². The monoisotopic (exact) mass is 279 g/mol. The molecule has 0 fully saturated rings. The molecule has 0 saturated heterocycles. The topological polar surface area (TPSA) is 72.3 Å². The molecule has 7 heteroatoms. The van der Waals surface area contributed by atoms with E-state index in [-0.39, 0.29) is 5.91 Å². The van der Waals surface area contributed by atoms with Crippen LogP contribution in [-0.4, -0.2) is 37.3 Å². The fourth-order valence-electron chi connectivity index (χ4n) is 1.43. The normalized spacial score (nSPS) is 15.1. The molecule has 1 aromatic rings. The number of amides is 1. The summed E-state index contributed by atoms with van der Waals surface area (Å²) in [5, 5.41) is 4.35. The standard InChI is InChI=1S/C12H13N3O3S/c1-17-9-4-3-8(5-10(9)18-2)6-13-12-15-14-11(16)7-19-12/h3-6H,7H2,1-2H3,(H,14,16)/b13-6+. The molecule has 0 atom stereocenters. The first kappa shape index (κ1) is 13.4. The Morgan fingerprint density at radius 3 is 2.79 bits per heavy atom. The summed E-state index contributed by atoms with van der Waals surface area (Å²) in [6.07, 6.45) is 1.66. The molecule has 1 aliphatic rings. The number of nitrogens with zero attached hydrogens (tertiary/aromatic N) is 2. The molecule has 0 unspecified atom stereocenters. The molecule has 0 aromatic heterocycles. The third-order valence-electron chi connectivity index (χ3n) is 2.34. The van der Waals surface area contributed by atoms with Gasteiger partial charge in [-0.1, -0.05) is 11.8 Å². The Morgan fingerprint density at radius 1 is 1.37 bits per heavy atom. The zero-order valence-electron chi connectivity index (χ0n) is 10.5. The van der Waals surface area contributed by atoms with Crippen LogP contribution >= 0.6 is 11.8 Å². The lowest BCUT2D eigenvalue weighted by atomic mass is 10.2. The summed E-state index contributed by atoms with van der Waals surface area (Å²) in [4.78, 5) is 15.1. The number of hydrazone groups is 1. The summed E-state index contributed by atoms with van der Waals surface area (Å²) < 4.78 is 10.4. The van der Waals surface area contributed by atoms with E-state index in [1.807, 2.05) is 12.1 Å². The second-order valence-electron chi connectivity index (χ2n) is 3.59. The van der Waals surface area contributed by atoms with Crippen LogP contribution in [0.5, 0.6) is 11.5 Å². The van der Waals surface area contributed by atoms with Crippen molar-refractivity contribution in [2.45, 2.75) is 0 Å². The van der Waals surface area contributed by atoms with Crippen LogP contribution in [0.1, 0.15) is 5.56 Å². The van der Waals surface area contributed by atoms with E-state index in [0.29, 0.717) is 22.4 Å². The van der Waals surface area contributed by atoms with Crippen molar-refractivity contribution in [3.8, 4) is 11.5 Å². The Hall–Kier alpha value is -2.02. The summed E-state index contributed by atoms with van der Waals surface area (Å²) in [5.74, 6) is 1.52. The maximum Gasteiger partial charge on any atom is 0.250 e. The van der Waals surface area contributed by atoms with Crippen LogP contribution in [-0.2, 0) is 4.79 Å². The van der Waals surface area contributed by atoms with Gasteiger partial charge in [0.2, 0.25) is 5.17 Å². The van der Waals surface area contributed by atoms with Crippen molar-refractivity contribution in [1.29, 1.82) is 0 Å². The van der Waals surface area contributed by atoms with Crippen LogP contribution in [0, 0.1) is 0 Å². The molecule has 19 heavy (non-hydrogen) atoms. The van der Waals surface area contributed by atoms with Crippen molar-refractivity contribution >= 4 is 29.1 Å². The zero-order valence-corrected chi connectivity index (χ0v) is 11.4. The quantitative estimate of drug-likeness (QED) is 0.845. The van der Waals surface area contributed by atoms with Crippen LogP contribution in [0.15, 0.2) is 28.3 Å². The summed E-state index contributed by atoms with van der Waals surface area (Å²) >= 11 is 1.29. The van der Waals surface area contributed by atoms with Crippen molar-refractivity contribution in [3.63, 3.8) is 0 Å². The Labute approximate surface area is 114 Å². The minimum atomic E-state index is -0.116. The van der Waals surface area contributed by atoms with Gasteiger partial charge in [-0.3, -0.25) is 4.79 Å². The highest BCUT2D eigenvalue weighted by molar-refractivity contribution is 8.14. The SMILES string of the molecule is COc1ccc(/C=N/C2=NNC(=O)CS2)cc1OC. The number of benzene rings is 1. The van der Waals surface area contributed by atoms with Gasteiger partial charge in [0.15, 0.2) is 11.5 Å². The Bertz CT molecular complexity index is 543. The Balaban J connectivity index is 2.13. The summed E-state index contributed by atoms with van der Waals surface area (Å²) in [5.41, 5.74) is 3.24. The number of ether oxygens (including phenoxy) is 2. The van der Waals surface area contributed by atoms with Gasteiger partial charge in [-0.25, -0.2) is 10.4 Å². The first-order valence-corrected chi connectivity index (χ1v) is 6.47. The van der Waals surface area contributed by atoms with E-state index in [1.54, 1.807) is 26.5 Å². The molecular weight excluding hydrogens is 266 g/mol. The van der Waals surface area contributed by atoms with Crippen molar-refractivity contribution in [1.82, 2.24) is 5.43 Å². The van der Waals surface area contributed by atoms with Crippen LogP contribution in [0.3, 0.4) is 0 Å². The molecule has 0 spiro atoms. The molecule has 1 N–H and O–H groups in total. The molecule has 0 bridgehead atoms. The minimum absolute atomic E-state index is 0.116. The summed E-state index contributed by atoms with van der Waals surface area (Å²) in [6, 6.07) is 5.48. The van der Waals surface area contributed by atoms with Gasteiger partial charge >= 0.3 is 0 Å². The van der Waals surface area contributed by atoms with E-state index < -0.39 is 0 Å². The number of carbonyl (C=O) groups excluding carboxylic acids is 1. The van der Waals surface area contributed by atoms with E-state index in [1.165, 1.54) is 11.8 Å². The van der Waals surface area contributed by atoms with E-state index in [9.17, 15) is 4.79 Å². The van der Waals surface area contributed by atoms with Crippen LogP contribution < -0.4 is 14.9 Å². The van der Waals surface area contributed by atoms with Gasteiger partial charge in [0.05, 0.1) is 20.0 Å². The number of nitrogens with one attached hydrogen (secondary N) is 1. The zero-order chi connectivity index (χ0) is 13.7. The van der Waals surface area contributed by atoms with Gasteiger partial charge < -0.3 is 9.47 Å². The average Bonchev–Trinajstić information content (AvgIpc) is 2.46. The molecular formula is C12H13N3O3S. The molecule has 100 valence electrons. The lowest BCUT2D eigenvalue weighted by Crippen LogP contribution is -2.25. The molecule has 0 radical (unpaired) electrons. The van der Waals surface area contributed by atoms with E-state index in [0.717, 1.165) is 5.56 Å². The third kappa shape index (κ3) is 3.47. The van der Waals surface area contributed by atoms with Crippen LogP contribution in [0.25, 0.3) is 0 Å². The van der Waals surface area contributed by atoms with Crippen LogP contribution in [0.4, 0.5) is 0 Å². The smallest absolute Gasteiger partial charge is 0.250 e. The first-order chi connectivity index (χ1) is 9.22. The molecule has 0 aliphatic carbocycles. The number of hydrogen-bond donors (Lipinski definition) is 1. The molecule has 1 aromatic carbocycles. The number of rotatable bonds is 3. The van der Waals surface area contributed by atoms with E-state index >= 15 is 0 Å². The molecule has 2 rings (SSSR count). The number of thioether (sulfide) groups is 1. The number of hydrogen-bond acceptors (Lipinski definition) is 6. The average molecular weight is 279 g/mol. The van der Waals surface area contributed by atoms with Gasteiger partial charge in [0, 0.05) is 6.21 Å². The third-order valence-corrected chi connectivity index (χ3v) is 3.20. The van der Waals surface area contributed by atoms with Gasteiger partial charge in [-0.15, -0.1) is 5.10 Å². The second kappa shape index (κ2) is 6.24. The highest BCUT2D eigenvalue weighted by Gasteiger charge is 2.10. The lowest BCUT2D eigenvalue weighted by molar-refractivity contribution is -0.118. The summed E-state index contributed by atoms with van der Waals surface area (Å²) in [6.45, 7) is 0. The molecule has 6 nitrogen and oxygen atoms in total. The predicted octanol–water partition coefficient (Wildman–Crippen LogP) is 1.26. The number of amidine groups is 1. The fourth-order valence-corrected chi connectivity index (χ4v) is 2.00. The summed E-state index contributed by atoms with van der Waals surface area (Å²) in [7, 11) is 3.16. The first-order valence-electron chi connectivity index (χ1n) is 5.48. The largest absolute Gasteiger partial charge is 0.493 e. The van der Waals surface area contributed by atoms with Gasteiger partial charge in [-0.2, -0.15) is 0 Å². The highest BCUT2D eigenvalue weighted by atomic mass is 32.2. The number of aliphatic imine (C=N–C) groups is 1. The maximum absolute atomic E-state index is 10.9. The van der Waals surface area contributed by atoms with E-state index in [2.05, 4.69) is 15.5 Å². The molecule has 1 amide bonds. The molecule has 1 aliphatic heterocycles.